The highest BCUT2D eigenvalue weighted by Crippen LogP contribution is 2.06. The predicted octanol–water partition coefficient (Wildman–Crippen LogP) is 1.10. The van der Waals surface area contributed by atoms with Crippen LogP contribution in [-0.2, 0) is 6.54 Å². The summed E-state index contributed by atoms with van der Waals surface area (Å²) in [5, 5.41) is 8.63. The van der Waals surface area contributed by atoms with Crippen LogP contribution in [0.1, 0.15) is 11.3 Å². The topological polar surface area (TPSA) is 25.2 Å². The first-order chi connectivity index (χ1) is 4.75. The summed E-state index contributed by atoms with van der Waals surface area (Å²) >= 11 is 0. The number of nitrogens with zero attached hydrogens (tertiary/aromatic N) is 1. The molecule has 0 saturated carbocycles. The molecule has 0 fully saturated rings. The van der Waals surface area contributed by atoms with Crippen LogP contribution in [0.3, 0.4) is 0 Å². The number of aromatic nitrogens is 1. The molecule has 1 aromatic rings. The molecule has 0 radical (unpaired) electrons. The fourth-order valence-corrected chi connectivity index (χ4v) is 1.01. The standard InChI is InChI=1S/C8H13NO/c1-7-3-4-9(5-6-10)8(7)2/h3-4,10H,5-6H2,1-2H3. The largest absolute Gasteiger partial charge is 0.395 e. The van der Waals surface area contributed by atoms with Crippen molar-refractivity contribution < 1.29 is 5.11 Å². The highest BCUT2D eigenvalue weighted by molar-refractivity contribution is 5.18. The number of rotatable bonds is 2. The number of aryl methyl sites for hydroxylation is 1. The van der Waals surface area contributed by atoms with Gasteiger partial charge >= 0.3 is 0 Å². The Labute approximate surface area is 61.1 Å². The van der Waals surface area contributed by atoms with Crippen LogP contribution in [0, 0.1) is 13.8 Å². The van der Waals surface area contributed by atoms with Crippen molar-refractivity contribution in [3.8, 4) is 0 Å². The van der Waals surface area contributed by atoms with Crippen LogP contribution in [-0.4, -0.2) is 16.3 Å². The van der Waals surface area contributed by atoms with Crippen LogP contribution < -0.4 is 0 Å². The fourth-order valence-electron chi connectivity index (χ4n) is 1.01. The van der Waals surface area contributed by atoms with E-state index in [2.05, 4.69) is 24.5 Å². The third kappa shape index (κ3) is 1.21. The summed E-state index contributed by atoms with van der Waals surface area (Å²) in [7, 11) is 0. The van der Waals surface area contributed by atoms with Crippen molar-refractivity contribution in [1.82, 2.24) is 4.57 Å². The van der Waals surface area contributed by atoms with E-state index in [1.54, 1.807) is 0 Å². The van der Waals surface area contributed by atoms with Crippen molar-refractivity contribution in [2.45, 2.75) is 20.4 Å². The van der Waals surface area contributed by atoms with Crippen molar-refractivity contribution >= 4 is 0 Å². The third-order valence-corrected chi connectivity index (χ3v) is 1.85. The second kappa shape index (κ2) is 2.88. The molecule has 10 heavy (non-hydrogen) atoms. The number of aliphatic hydroxyl groups excluding tert-OH is 1. The van der Waals surface area contributed by atoms with Crippen LogP contribution in [0.4, 0.5) is 0 Å². The summed E-state index contributed by atoms with van der Waals surface area (Å²) in [5.41, 5.74) is 2.53. The molecule has 1 N–H and O–H groups in total. The van der Waals surface area contributed by atoms with Gasteiger partial charge in [-0.1, -0.05) is 0 Å². The van der Waals surface area contributed by atoms with Gasteiger partial charge in [-0.05, 0) is 25.5 Å². The summed E-state index contributed by atoms with van der Waals surface area (Å²) in [6, 6.07) is 2.06. The van der Waals surface area contributed by atoms with E-state index in [1.807, 2.05) is 6.20 Å². The van der Waals surface area contributed by atoms with Crippen molar-refractivity contribution in [2.24, 2.45) is 0 Å². The molecule has 0 aliphatic rings. The molecule has 2 nitrogen and oxygen atoms in total. The average molecular weight is 139 g/mol. The summed E-state index contributed by atoms with van der Waals surface area (Å²) in [5.74, 6) is 0. The summed E-state index contributed by atoms with van der Waals surface area (Å²) in [4.78, 5) is 0. The summed E-state index contributed by atoms with van der Waals surface area (Å²) < 4.78 is 2.05. The smallest absolute Gasteiger partial charge is 0.0610 e. The van der Waals surface area contributed by atoms with Crippen LogP contribution in [0.5, 0.6) is 0 Å². The van der Waals surface area contributed by atoms with Gasteiger partial charge in [0.2, 0.25) is 0 Å². The molecule has 0 aromatic carbocycles. The zero-order valence-corrected chi connectivity index (χ0v) is 6.46. The van der Waals surface area contributed by atoms with Crippen molar-refractivity contribution in [2.75, 3.05) is 6.61 Å². The lowest BCUT2D eigenvalue weighted by Crippen LogP contribution is -2.02. The predicted molar refractivity (Wildman–Crippen MR) is 41.0 cm³/mol. The first-order valence-corrected chi connectivity index (χ1v) is 3.49. The Morgan fingerprint density at radius 2 is 2.20 bits per heavy atom. The maximum absolute atomic E-state index is 8.63. The zero-order chi connectivity index (χ0) is 7.56. The zero-order valence-electron chi connectivity index (χ0n) is 6.46. The van der Waals surface area contributed by atoms with Crippen LogP contribution >= 0.6 is 0 Å². The molecule has 1 aromatic heterocycles. The highest BCUT2D eigenvalue weighted by atomic mass is 16.3. The van der Waals surface area contributed by atoms with E-state index in [4.69, 9.17) is 5.11 Å². The van der Waals surface area contributed by atoms with E-state index >= 15 is 0 Å². The van der Waals surface area contributed by atoms with E-state index in [0.717, 1.165) is 0 Å². The quantitative estimate of drug-likeness (QED) is 0.652. The van der Waals surface area contributed by atoms with Gasteiger partial charge in [0.05, 0.1) is 6.61 Å². The fraction of sp³-hybridized carbons (Fsp3) is 0.500. The van der Waals surface area contributed by atoms with Gasteiger partial charge in [0, 0.05) is 18.4 Å². The molecule has 0 atom stereocenters. The van der Waals surface area contributed by atoms with E-state index in [-0.39, 0.29) is 6.61 Å². The van der Waals surface area contributed by atoms with Crippen molar-refractivity contribution in [1.29, 1.82) is 0 Å². The maximum atomic E-state index is 8.63. The lowest BCUT2D eigenvalue weighted by atomic mass is 10.3. The second-order valence-corrected chi connectivity index (χ2v) is 2.50. The Morgan fingerprint density at radius 1 is 1.50 bits per heavy atom. The van der Waals surface area contributed by atoms with Crippen LogP contribution in [0.2, 0.25) is 0 Å². The first kappa shape index (κ1) is 7.35. The molecular weight excluding hydrogens is 126 g/mol. The molecule has 0 amide bonds. The lowest BCUT2D eigenvalue weighted by Gasteiger charge is -2.02. The van der Waals surface area contributed by atoms with Gasteiger partial charge in [-0.2, -0.15) is 0 Å². The van der Waals surface area contributed by atoms with E-state index in [9.17, 15) is 0 Å². The second-order valence-electron chi connectivity index (χ2n) is 2.50. The van der Waals surface area contributed by atoms with Crippen LogP contribution in [0.15, 0.2) is 12.3 Å². The summed E-state index contributed by atoms with van der Waals surface area (Å²) in [6.07, 6.45) is 2.00. The molecular formula is C8H13NO. The molecule has 1 heterocycles. The molecule has 0 aliphatic carbocycles. The third-order valence-electron chi connectivity index (χ3n) is 1.85. The molecule has 0 unspecified atom stereocenters. The van der Waals surface area contributed by atoms with Gasteiger partial charge in [-0.25, -0.2) is 0 Å². The number of aliphatic hydroxyl groups is 1. The van der Waals surface area contributed by atoms with Gasteiger partial charge in [0.25, 0.3) is 0 Å². The van der Waals surface area contributed by atoms with Crippen LogP contribution in [0.25, 0.3) is 0 Å². The van der Waals surface area contributed by atoms with E-state index in [0.29, 0.717) is 6.54 Å². The van der Waals surface area contributed by atoms with Gasteiger partial charge in [-0.15, -0.1) is 0 Å². The van der Waals surface area contributed by atoms with Gasteiger partial charge in [0.15, 0.2) is 0 Å². The highest BCUT2D eigenvalue weighted by Gasteiger charge is 1.97. The average Bonchev–Trinajstić information content (AvgIpc) is 2.20. The van der Waals surface area contributed by atoms with Gasteiger partial charge < -0.3 is 9.67 Å². The van der Waals surface area contributed by atoms with Crippen molar-refractivity contribution in [3.05, 3.63) is 23.5 Å². The molecule has 0 spiro atoms. The molecule has 0 aliphatic heterocycles. The van der Waals surface area contributed by atoms with E-state index in [1.165, 1.54) is 11.3 Å². The normalized spacial score (nSPS) is 10.3. The van der Waals surface area contributed by atoms with Gasteiger partial charge in [0.1, 0.15) is 0 Å². The first-order valence-electron chi connectivity index (χ1n) is 3.49. The van der Waals surface area contributed by atoms with E-state index < -0.39 is 0 Å². The minimum Gasteiger partial charge on any atom is -0.395 e. The van der Waals surface area contributed by atoms with Gasteiger partial charge in [-0.3, -0.25) is 0 Å². The Morgan fingerprint density at radius 3 is 2.60 bits per heavy atom. The number of hydrogen-bond acceptors (Lipinski definition) is 1. The maximum Gasteiger partial charge on any atom is 0.0610 e. The molecule has 56 valence electrons. The Balaban J connectivity index is 2.83. The monoisotopic (exact) mass is 139 g/mol. The summed E-state index contributed by atoms with van der Waals surface area (Å²) in [6.45, 7) is 5.06. The Bertz CT molecular complexity index is 215. The van der Waals surface area contributed by atoms with Crippen molar-refractivity contribution in [3.63, 3.8) is 0 Å². The number of hydrogen-bond donors (Lipinski definition) is 1. The minimum absolute atomic E-state index is 0.217. The molecule has 0 bridgehead atoms. The SMILES string of the molecule is Cc1ccn(CCO)c1C. The Hall–Kier alpha value is -0.760. The molecule has 1 rings (SSSR count). The Kier molecular flexibility index (Phi) is 2.12. The lowest BCUT2D eigenvalue weighted by molar-refractivity contribution is 0.275. The molecule has 0 saturated heterocycles. The molecule has 2 heteroatoms. The minimum atomic E-state index is 0.217.